The predicted octanol–water partition coefficient (Wildman–Crippen LogP) is 3.28. The van der Waals surface area contributed by atoms with E-state index in [0.29, 0.717) is 11.3 Å². The molecule has 0 spiro atoms. The van der Waals surface area contributed by atoms with Crippen LogP contribution >= 0.6 is 0 Å². The number of methoxy groups -OCH3 is 1. The number of fused-ring (bicyclic) bond motifs is 1. The van der Waals surface area contributed by atoms with E-state index < -0.39 is 5.97 Å². The number of aryl methyl sites for hydroxylation is 1. The molecule has 0 bridgehead atoms. The predicted molar refractivity (Wildman–Crippen MR) is 71.3 cm³/mol. The van der Waals surface area contributed by atoms with Crippen LogP contribution in [0.1, 0.15) is 29.8 Å². The van der Waals surface area contributed by atoms with Crippen molar-refractivity contribution in [3.05, 3.63) is 35.5 Å². The van der Waals surface area contributed by atoms with Gasteiger partial charge in [0.05, 0.1) is 12.7 Å². The molecule has 1 N–H and O–H groups in total. The Morgan fingerprint density at radius 2 is 1.94 bits per heavy atom. The third kappa shape index (κ3) is 2.77. The van der Waals surface area contributed by atoms with Crippen LogP contribution in [-0.4, -0.2) is 23.2 Å². The van der Waals surface area contributed by atoms with Gasteiger partial charge in [0.1, 0.15) is 11.3 Å². The summed E-state index contributed by atoms with van der Waals surface area (Å²) in [4.78, 5) is 15.2. The smallest absolute Gasteiger partial charge is 0.335 e. The quantitative estimate of drug-likeness (QED) is 0.884. The molecule has 0 atom stereocenters. The van der Waals surface area contributed by atoms with Gasteiger partial charge in [-0.05, 0) is 30.7 Å². The van der Waals surface area contributed by atoms with E-state index in [4.69, 9.17) is 9.84 Å². The standard InChI is InChI=1S/C12H11NO3.C2H6/c1-7-3-8-4-9(12(14)15)5-10(16-2)11(8)13-6-7;1-2/h3-6H,1-2H3,(H,14,15);1-2H3. The molecule has 0 amide bonds. The summed E-state index contributed by atoms with van der Waals surface area (Å²) in [6.07, 6.45) is 1.73. The van der Waals surface area contributed by atoms with Gasteiger partial charge in [-0.3, -0.25) is 4.98 Å². The molecule has 0 aliphatic rings. The molecular formula is C14H17NO3. The molecule has 0 fully saturated rings. The van der Waals surface area contributed by atoms with E-state index in [1.165, 1.54) is 13.2 Å². The zero-order valence-corrected chi connectivity index (χ0v) is 11.0. The number of carbonyl (C=O) groups is 1. The molecule has 0 aliphatic heterocycles. The molecule has 0 saturated carbocycles. The van der Waals surface area contributed by atoms with Crippen molar-refractivity contribution < 1.29 is 14.6 Å². The minimum Gasteiger partial charge on any atom is -0.494 e. The van der Waals surface area contributed by atoms with Crippen LogP contribution in [0.4, 0.5) is 0 Å². The van der Waals surface area contributed by atoms with E-state index in [1.807, 2.05) is 26.8 Å². The first-order valence-electron chi connectivity index (χ1n) is 5.79. The largest absolute Gasteiger partial charge is 0.494 e. The van der Waals surface area contributed by atoms with Crippen molar-refractivity contribution in [2.75, 3.05) is 7.11 Å². The molecule has 0 aliphatic carbocycles. The third-order valence-corrected chi connectivity index (χ3v) is 2.35. The average molecular weight is 247 g/mol. The lowest BCUT2D eigenvalue weighted by Gasteiger charge is -2.06. The molecule has 2 aromatic rings. The highest BCUT2D eigenvalue weighted by Crippen LogP contribution is 2.26. The van der Waals surface area contributed by atoms with E-state index in [2.05, 4.69) is 4.98 Å². The fourth-order valence-electron chi connectivity index (χ4n) is 1.61. The van der Waals surface area contributed by atoms with Crippen LogP contribution in [0.3, 0.4) is 0 Å². The average Bonchev–Trinajstić information content (AvgIpc) is 2.39. The van der Waals surface area contributed by atoms with Gasteiger partial charge in [0.15, 0.2) is 0 Å². The highest BCUT2D eigenvalue weighted by Gasteiger charge is 2.10. The fourth-order valence-corrected chi connectivity index (χ4v) is 1.61. The third-order valence-electron chi connectivity index (χ3n) is 2.35. The van der Waals surface area contributed by atoms with Crippen LogP contribution in [-0.2, 0) is 0 Å². The first-order valence-corrected chi connectivity index (χ1v) is 5.79. The van der Waals surface area contributed by atoms with Gasteiger partial charge < -0.3 is 9.84 Å². The molecule has 1 heterocycles. The van der Waals surface area contributed by atoms with Crippen LogP contribution in [0.15, 0.2) is 24.4 Å². The van der Waals surface area contributed by atoms with Crippen LogP contribution in [0.2, 0.25) is 0 Å². The number of hydrogen-bond acceptors (Lipinski definition) is 3. The normalized spacial score (nSPS) is 9.56. The Labute approximate surface area is 106 Å². The molecule has 96 valence electrons. The Bertz CT molecular complexity index is 564. The van der Waals surface area contributed by atoms with E-state index >= 15 is 0 Å². The first-order chi connectivity index (χ1) is 8.61. The number of pyridine rings is 1. The summed E-state index contributed by atoms with van der Waals surface area (Å²) in [6, 6.07) is 4.96. The summed E-state index contributed by atoms with van der Waals surface area (Å²) in [5.74, 6) is -0.489. The molecule has 0 saturated heterocycles. The van der Waals surface area contributed by atoms with E-state index in [9.17, 15) is 4.79 Å². The summed E-state index contributed by atoms with van der Waals surface area (Å²) in [5, 5.41) is 9.73. The zero-order chi connectivity index (χ0) is 13.7. The summed E-state index contributed by atoms with van der Waals surface area (Å²) >= 11 is 0. The molecular weight excluding hydrogens is 230 g/mol. The molecule has 4 heteroatoms. The first kappa shape index (κ1) is 14.0. The summed E-state index contributed by atoms with van der Waals surface area (Å²) in [7, 11) is 1.50. The lowest BCUT2D eigenvalue weighted by molar-refractivity contribution is 0.0696. The number of ether oxygens (including phenoxy) is 1. The van der Waals surface area contributed by atoms with Gasteiger partial charge in [-0.15, -0.1) is 0 Å². The van der Waals surface area contributed by atoms with Crippen molar-refractivity contribution in [1.82, 2.24) is 4.98 Å². The number of aromatic carboxylic acids is 1. The second kappa shape index (κ2) is 6.00. The second-order valence-electron chi connectivity index (χ2n) is 3.57. The van der Waals surface area contributed by atoms with Gasteiger partial charge >= 0.3 is 5.97 Å². The Morgan fingerprint density at radius 1 is 1.28 bits per heavy atom. The van der Waals surface area contributed by atoms with Crippen molar-refractivity contribution in [3.8, 4) is 5.75 Å². The molecule has 0 radical (unpaired) electrons. The Kier molecular flexibility index (Phi) is 4.66. The van der Waals surface area contributed by atoms with Gasteiger partial charge in [0, 0.05) is 11.6 Å². The molecule has 2 rings (SSSR count). The maximum atomic E-state index is 10.9. The van der Waals surface area contributed by atoms with Crippen molar-refractivity contribution in [3.63, 3.8) is 0 Å². The van der Waals surface area contributed by atoms with Crippen LogP contribution in [0, 0.1) is 6.92 Å². The second-order valence-corrected chi connectivity index (χ2v) is 3.57. The van der Waals surface area contributed by atoms with Crippen LogP contribution in [0.5, 0.6) is 5.75 Å². The lowest BCUT2D eigenvalue weighted by Crippen LogP contribution is -1.98. The van der Waals surface area contributed by atoms with Crippen molar-refractivity contribution in [2.24, 2.45) is 0 Å². The van der Waals surface area contributed by atoms with Crippen LogP contribution in [0.25, 0.3) is 10.9 Å². The van der Waals surface area contributed by atoms with Gasteiger partial charge in [0.2, 0.25) is 0 Å². The van der Waals surface area contributed by atoms with Crippen molar-refractivity contribution in [2.45, 2.75) is 20.8 Å². The van der Waals surface area contributed by atoms with Gasteiger partial charge in [-0.25, -0.2) is 4.79 Å². The maximum Gasteiger partial charge on any atom is 0.335 e. The van der Waals surface area contributed by atoms with E-state index in [-0.39, 0.29) is 5.56 Å². The van der Waals surface area contributed by atoms with Gasteiger partial charge in [-0.1, -0.05) is 13.8 Å². The summed E-state index contributed by atoms with van der Waals surface area (Å²) in [6.45, 7) is 5.91. The lowest BCUT2D eigenvalue weighted by atomic mass is 10.1. The molecule has 1 aromatic heterocycles. The SMILES string of the molecule is CC.COc1cc(C(=O)O)cc2cc(C)cnc12. The van der Waals surface area contributed by atoms with Gasteiger partial charge in [-0.2, -0.15) is 0 Å². The number of rotatable bonds is 2. The fraction of sp³-hybridized carbons (Fsp3) is 0.286. The maximum absolute atomic E-state index is 10.9. The topological polar surface area (TPSA) is 59.4 Å². The number of aromatic nitrogens is 1. The zero-order valence-electron chi connectivity index (χ0n) is 11.0. The number of carboxylic acid groups (broad SMARTS) is 1. The summed E-state index contributed by atoms with van der Waals surface area (Å²) in [5.41, 5.74) is 1.87. The highest BCUT2D eigenvalue weighted by molar-refractivity contribution is 5.96. The van der Waals surface area contributed by atoms with Crippen molar-refractivity contribution >= 4 is 16.9 Å². The minimum atomic E-state index is -0.971. The van der Waals surface area contributed by atoms with E-state index in [0.717, 1.165) is 10.9 Å². The highest BCUT2D eigenvalue weighted by atomic mass is 16.5. The van der Waals surface area contributed by atoms with E-state index in [1.54, 1.807) is 12.3 Å². The van der Waals surface area contributed by atoms with Crippen molar-refractivity contribution in [1.29, 1.82) is 0 Å². The number of hydrogen-bond donors (Lipinski definition) is 1. The number of benzene rings is 1. The molecule has 0 unspecified atom stereocenters. The van der Waals surface area contributed by atoms with Crippen LogP contribution < -0.4 is 4.74 Å². The monoisotopic (exact) mass is 247 g/mol. The number of carboxylic acids is 1. The summed E-state index contributed by atoms with van der Waals surface area (Å²) < 4.78 is 5.13. The van der Waals surface area contributed by atoms with Gasteiger partial charge in [0.25, 0.3) is 0 Å². The molecule has 1 aromatic carbocycles. The Hall–Kier alpha value is -2.10. The molecule has 18 heavy (non-hydrogen) atoms. The molecule has 4 nitrogen and oxygen atoms in total. The number of nitrogens with zero attached hydrogens (tertiary/aromatic N) is 1. The minimum absolute atomic E-state index is 0.205. The Morgan fingerprint density at radius 3 is 2.50 bits per heavy atom. The Balaban J connectivity index is 0.000000771.